The first-order valence-electron chi connectivity index (χ1n) is 11.1. The number of hydrogen-bond donors (Lipinski definition) is 1. The van der Waals surface area contributed by atoms with E-state index in [1.807, 2.05) is 49.4 Å². The number of ether oxygens (including phenoxy) is 1. The Bertz CT molecular complexity index is 1070. The summed E-state index contributed by atoms with van der Waals surface area (Å²) < 4.78 is 5.32. The van der Waals surface area contributed by atoms with Crippen LogP contribution in [0, 0.1) is 6.92 Å². The number of nitrogens with one attached hydrogen (secondary N) is 1. The van der Waals surface area contributed by atoms with Crippen LogP contribution in [0.5, 0.6) is 5.75 Å². The fourth-order valence-electron chi connectivity index (χ4n) is 4.50. The van der Waals surface area contributed by atoms with Crippen molar-refractivity contribution in [1.29, 1.82) is 0 Å². The van der Waals surface area contributed by atoms with E-state index >= 15 is 0 Å². The molecule has 1 heterocycles. The molecule has 1 aromatic heterocycles. The summed E-state index contributed by atoms with van der Waals surface area (Å²) in [6.07, 6.45) is 6.49. The van der Waals surface area contributed by atoms with Crippen molar-refractivity contribution >= 4 is 22.5 Å². The van der Waals surface area contributed by atoms with Gasteiger partial charge >= 0.3 is 0 Å². The number of aromatic nitrogens is 1. The molecule has 1 N–H and O–H groups in total. The lowest BCUT2D eigenvalue weighted by Gasteiger charge is -2.31. The van der Waals surface area contributed by atoms with E-state index in [4.69, 9.17) is 4.74 Å². The molecule has 4 rings (SSSR count). The van der Waals surface area contributed by atoms with Gasteiger partial charge in [0, 0.05) is 23.7 Å². The number of carbonyl (C=O) groups is 1. The molecule has 0 bridgehead atoms. The fraction of sp³-hybridized carbons (Fsp3) is 0.385. The molecule has 1 aliphatic carbocycles. The van der Waals surface area contributed by atoms with E-state index in [9.17, 15) is 4.79 Å². The number of aryl methyl sites for hydroxylation is 1. The van der Waals surface area contributed by atoms with Crippen molar-refractivity contribution in [2.24, 2.45) is 0 Å². The SMILES string of the molecule is COc1ccc2nc(C)c(C(=O)Nc3ccccc3CN(C)C3CCCCC3)cc2c1. The van der Waals surface area contributed by atoms with Crippen LogP contribution in [0.3, 0.4) is 0 Å². The highest BCUT2D eigenvalue weighted by atomic mass is 16.5. The van der Waals surface area contributed by atoms with Crippen LogP contribution < -0.4 is 10.1 Å². The van der Waals surface area contributed by atoms with Gasteiger partial charge in [-0.3, -0.25) is 14.7 Å². The third kappa shape index (κ3) is 4.88. The van der Waals surface area contributed by atoms with Gasteiger partial charge in [0.15, 0.2) is 0 Å². The van der Waals surface area contributed by atoms with Gasteiger partial charge in [0.05, 0.1) is 23.9 Å². The highest BCUT2D eigenvalue weighted by Crippen LogP contribution is 2.26. The van der Waals surface area contributed by atoms with Gasteiger partial charge in [-0.25, -0.2) is 0 Å². The molecule has 5 nitrogen and oxygen atoms in total. The van der Waals surface area contributed by atoms with Crippen molar-refractivity contribution in [2.75, 3.05) is 19.5 Å². The zero-order chi connectivity index (χ0) is 21.8. The lowest BCUT2D eigenvalue weighted by molar-refractivity contribution is 0.102. The number of para-hydroxylation sites is 1. The normalized spacial score (nSPS) is 14.7. The average Bonchev–Trinajstić information content (AvgIpc) is 2.80. The van der Waals surface area contributed by atoms with E-state index in [2.05, 4.69) is 28.3 Å². The molecule has 162 valence electrons. The molecule has 1 saturated carbocycles. The van der Waals surface area contributed by atoms with Crippen LogP contribution in [-0.2, 0) is 6.54 Å². The molecule has 1 fully saturated rings. The minimum Gasteiger partial charge on any atom is -0.497 e. The number of methoxy groups -OCH3 is 1. The van der Waals surface area contributed by atoms with Crippen molar-refractivity contribution in [2.45, 2.75) is 51.6 Å². The highest BCUT2D eigenvalue weighted by molar-refractivity contribution is 6.07. The molecule has 0 aliphatic heterocycles. The summed E-state index contributed by atoms with van der Waals surface area (Å²) >= 11 is 0. The van der Waals surface area contributed by atoms with Gasteiger partial charge in [0.25, 0.3) is 5.91 Å². The molecule has 1 aliphatic rings. The Balaban J connectivity index is 1.55. The van der Waals surface area contributed by atoms with Crippen molar-refractivity contribution in [3.05, 3.63) is 65.4 Å². The van der Waals surface area contributed by atoms with Crippen LogP contribution in [0.4, 0.5) is 5.69 Å². The molecule has 0 spiro atoms. The lowest BCUT2D eigenvalue weighted by Crippen LogP contribution is -2.33. The smallest absolute Gasteiger partial charge is 0.257 e. The van der Waals surface area contributed by atoms with Crippen molar-refractivity contribution < 1.29 is 9.53 Å². The fourth-order valence-corrected chi connectivity index (χ4v) is 4.50. The Labute approximate surface area is 184 Å². The Hall–Kier alpha value is -2.92. The molecule has 0 unspecified atom stereocenters. The number of rotatable bonds is 6. The molecule has 0 saturated heterocycles. The number of pyridine rings is 1. The summed E-state index contributed by atoms with van der Waals surface area (Å²) in [5.74, 6) is 0.614. The first-order chi connectivity index (χ1) is 15.0. The molecule has 2 aromatic carbocycles. The maximum atomic E-state index is 13.2. The molecule has 0 atom stereocenters. The minimum absolute atomic E-state index is 0.137. The predicted octanol–water partition coefficient (Wildman–Crippen LogP) is 5.57. The van der Waals surface area contributed by atoms with Crippen LogP contribution in [0.25, 0.3) is 10.9 Å². The minimum atomic E-state index is -0.137. The van der Waals surface area contributed by atoms with Crippen LogP contribution >= 0.6 is 0 Å². The van der Waals surface area contributed by atoms with Crippen LogP contribution in [0.15, 0.2) is 48.5 Å². The third-order valence-corrected chi connectivity index (χ3v) is 6.34. The summed E-state index contributed by atoms with van der Waals surface area (Å²) in [6.45, 7) is 2.70. The topological polar surface area (TPSA) is 54.5 Å². The van der Waals surface area contributed by atoms with E-state index in [-0.39, 0.29) is 5.91 Å². The molecule has 0 radical (unpaired) electrons. The van der Waals surface area contributed by atoms with E-state index in [0.717, 1.165) is 34.4 Å². The molecule has 3 aromatic rings. The molecular formula is C26H31N3O2. The highest BCUT2D eigenvalue weighted by Gasteiger charge is 2.20. The quantitative estimate of drug-likeness (QED) is 0.570. The molecule has 1 amide bonds. The second kappa shape index (κ2) is 9.48. The van der Waals surface area contributed by atoms with Gasteiger partial charge < -0.3 is 10.1 Å². The molecule has 31 heavy (non-hydrogen) atoms. The second-order valence-corrected chi connectivity index (χ2v) is 8.50. The Kier molecular flexibility index (Phi) is 6.52. The summed E-state index contributed by atoms with van der Waals surface area (Å²) in [4.78, 5) is 20.2. The predicted molar refractivity (Wildman–Crippen MR) is 126 cm³/mol. The van der Waals surface area contributed by atoms with Crippen molar-refractivity contribution in [3.8, 4) is 5.75 Å². The number of nitrogens with zero attached hydrogens (tertiary/aromatic N) is 2. The van der Waals surface area contributed by atoms with E-state index in [1.54, 1.807) is 7.11 Å². The molecule has 5 heteroatoms. The van der Waals surface area contributed by atoms with Gasteiger partial charge in [0.2, 0.25) is 0 Å². The van der Waals surface area contributed by atoms with Crippen LogP contribution in [0.1, 0.15) is 53.7 Å². The number of hydrogen-bond acceptors (Lipinski definition) is 4. The van der Waals surface area contributed by atoms with Crippen molar-refractivity contribution in [1.82, 2.24) is 9.88 Å². The summed E-state index contributed by atoms with van der Waals surface area (Å²) in [5, 5.41) is 4.02. The Morgan fingerprint density at radius 2 is 1.90 bits per heavy atom. The van der Waals surface area contributed by atoms with E-state index in [1.165, 1.54) is 32.1 Å². The number of anilines is 1. The standard InChI is InChI=1S/C26H31N3O2/c1-18-23(16-20-15-22(31-3)13-14-25(20)27-18)26(30)28-24-12-8-7-9-19(24)17-29(2)21-10-5-4-6-11-21/h7-9,12-16,21H,4-6,10-11,17H2,1-3H3,(H,28,30). The van der Waals surface area contributed by atoms with Gasteiger partial charge in [-0.2, -0.15) is 0 Å². The van der Waals surface area contributed by atoms with E-state index in [0.29, 0.717) is 17.3 Å². The molecular weight excluding hydrogens is 386 g/mol. The summed E-state index contributed by atoms with van der Waals surface area (Å²) in [6, 6.07) is 16.3. The van der Waals surface area contributed by atoms with Crippen LogP contribution in [-0.4, -0.2) is 36.0 Å². The summed E-state index contributed by atoms with van der Waals surface area (Å²) in [7, 11) is 3.83. The Morgan fingerprint density at radius 1 is 1.13 bits per heavy atom. The lowest BCUT2D eigenvalue weighted by atomic mass is 9.94. The van der Waals surface area contributed by atoms with Gasteiger partial charge in [-0.1, -0.05) is 37.5 Å². The second-order valence-electron chi connectivity index (χ2n) is 8.50. The zero-order valence-corrected chi connectivity index (χ0v) is 18.6. The largest absolute Gasteiger partial charge is 0.497 e. The maximum absolute atomic E-state index is 13.2. The first kappa shape index (κ1) is 21.3. The maximum Gasteiger partial charge on any atom is 0.257 e. The van der Waals surface area contributed by atoms with E-state index < -0.39 is 0 Å². The third-order valence-electron chi connectivity index (χ3n) is 6.34. The average molecular weight is 418 g/mol. The number of carbonyl (C=O) groups excluding carboxylic acids is 1. The zero-order valence-electron chi connectivity index (χ0n) is 18.6. The van der Waals surface area contributed by atoms with Crippen molar-refractivity contribution in [3.63, 3.8) is 0 Å². The number of fused-ring (bicyclic) bond motifs is 1. The number of benzene rings is 2. The first-order valence-corrected chi connectivity index (χ1v) is 11.1. The van der Waals surface area contributed by atoms with Gasteiger partial charge in [-0.05, 0) is 62.7 Å². The van der Waals surface area contributed by atoms with Gasteiger partial charge in [0.1, 0.15) is 5.75 Å². The van der Waals surface area contributed by atoms with Gasteiger partial charge in [-0.15, -0.1) is 0 Å². The number of amides is 1. The van der Waals surface area contributed by atoms with Crippen LogP contribution in [0.2, 0.25) is 0 Å². The monoisotopic (exact) mass is 417 g/mol. The Morgan fingerprint density at radius 3 is 2.68 bits per heavy atom. The summed E-state index contributed by atoms with van der Waals surface area (Å²) in [5.41, 5.74) is 4.14.